The van der Waals surface area contributed by atoms with Crippen molar-refractivity contribution in [1.82, 2.24) is 0 Å². The standard InChI is InChI=1S/C20H25NO3/c1-10-7-13(9-14(17(10)22)20(2,3)4)21-18(23)15-11-5-6-12(8-11)16(15)19(21)24/h7,9,11-12,15-16,22H,5-6,8H2,1-4H3. The molecule has 4 atom stereocenters. The largest absolute Gasteiger partial charge is 0.507 e. The van der Waals surface area contributed by atoms with Gasteiger partial charge in [-0.05, 0) is 61.1 Å². The summed E-state index contributed by atoms with van der Waals surface area (Å²) in [5.74, 6) is 0.769. The molecule has 2 bridgehead atoms. The van der Waals surface area contributed by atoms with E-state index in [0.717, 1.165) is 24.8 Å². The van der Waals surface area contributed by atoms with Gasteiger partial charge in [-0.1, -0.05) is 20.8 Å². The minimum Gasteiger partial charge on any atom is -0.507 e. The Morgan fingerprint density at radius 3 is 2.08 bits per heavy atom. The van der Waals surface area contributed by atoms with E-state index in [2.05, 4.69) is 0 Å². The molecule has 0 radical (unpaired) electrons. The van der Waals surface area contributed by atoms with Crippen LogP contribution in [0, 0.1) is 30.6 Å². The van der Waals surface area contributed by atoms with E-state index in [1.54, 1.807) is 6.07 Å². The molecule has 0 spiro atoms. The summed E-state index contributed by atoms with van der Waals surface area (Å²) in [6.07, 6.45) is 3.21. The van der Waals surface area contributed by atoms with Crippen LogP contribution in [0.15, 0.2) is 12.1 Å². The van der Waals surface area contributed by atoms with Crippen LogP contribution in [-0.4, -0.2) is 16.9 Å². The molecule has 0 aromatic heterocycles. The SMILES string of the molecule is Cc1cc(N2C(=O)C3C4CCC(C4)C3C2=O)cc(C(C)(C)C)c1O. The van der Waals surface area contributed by atoms with E-state index in [4.69, 9.17) is 0 Å². The summed E-state index contributed by atoms with van der Waals surface area (Å²) in [5.41, 5.74) is 1.85. The molecule has 1 aromatic carbocycles. The fourth-order valence-corrected chi connectivity index (χ4v) is 5.12. The average molecular weight is 327 g/mol. The van der Waals surface area contributed by atoms with Gasteiger partial charge in [-0.3, -0.25) is 14.5 Å². The zero-order valence-electron chi connectivity index (χ0n) is 14.8. The number of amides is 2. The molecule has 4 heteroatoms. The summed E-state index contributed by atoms with van der Waals surface area (Å²) in [5, 5.41) is 10.4. The number of aryl methyl sites for hydroxylation is 1. The monoisotopic (exact) mass is 327 g/mol. The molecule has 1 heterocycles. The number of anilines is 1. The fourth-order valence-electron chi connectivity index (χ4n) is 5.12. The quantitative estimate of drug-likeness (QED) is 0.803. The Bertz CT molecular complexity index is 718. The summed E-state index contributed by atoms with van der Waals surface area (Å²) in [6.45, 7) is 7.89. The molecular weight excluding hydrogens is 302 g/mol. The number of phenols is 1. The highest BCUT2D eigenvalue weighted by atomic mass is 16.3. The van der Waals surface area contributed by atoms with Gasteiger partial charge in [-0.2, -0.15) is 0 Å². The molecule has 1 aromatic rings. The molecule has 128 valence electrons. The van der Waals surface area contributed by atoms with Gasteiger partial charge in [0.1, 0.15) is 5.75 Å². The predicted molar refractivity (Wildman–Crippen MR) is 91.8 cm³/mol. The maximum atomic E-state index is 13.0. The lowest BCUT2D eigenvalue weighted by molar-refractivity contribution is -0.123. The van der Waals surface area contributed by atoms with Crippen LogP contribution in [0.25, 0.3) is 0 Å². The Labute approximate surface area is 142 Å². The Balaban J connectivity index is 1.79. The third kappa shape index (κ3) is 1.98. The fraction of sp³-hybridized carbons (Fsp3) is 0.600. The highest BCUT2D eigenvalue weighted by Gasteiger charge is 2.61. The van der Waals surface area contributed by atoms with Crippen LogP contribution in [0.1, 0.15) is 51.2 Å². The highest BCUT2D eigenvalue weighted by molar-refractivity contribution is 6.22. The van der Waals surface area contributed by atoms with Crippen LogP contribution in [0.4, 0.5) is 5.69 Å². The summed E-state index contributed by atoms with van der Waals surface area (Å²) >= 11 is 0. The normalized spacial score (nSPS) is 31.9. The first kappa shape index (κ1) is 15.7. The molecule has 3 aliphatic rings. The minimum atomic E-state index is -0.258. The summed E-state index contributed by atoms with van der Waals surface area (Å²) in [7, 11) is 0. The number of nitrogens with zero attached hydrogens (tertiary/aromatic N) is 1. The van der Waals surface area contributed by atoms with Crippen molar-refractivity contribution in [3.8, 4) is 5.75 Å². The van der Waals surface area contributed by atoms with Crippen LogP contribution in [0.2, 0.25) is 0 Å². The molecule has 2 aliphatic carbocycles. The van der Waals surface area contributed by atoms with Crippen molar-refractivity contribution in [3.05, 3.63) is 23.3 Å². The third-order valence-electron chi connectivity index (χ3n) is 6.28. The van der Waals surface area contributed by atoms with Crippen LogP contribution in [0.3, 0.4) is 0 Å². The molecule has 1 N–H and O–H groups in total. The van der Waals surface area contributed by atoms with Crippen molar-refractivity contribution in [2.24, 2.45) is 23.7 Å². The van der Waals surface area contributed by atoms with Crippen molar-refractivity contribution in [3.63, 3.8) is 0 Å². The minimum absolute atomic E-state index is 0.0258. The molecule has 4 unspecified atom stereocenters. The van der Waals surface area contributed by atoms with Gasteiger partial charge in [0.2, 0.25) is 11.8 Å². The first-order chi connectivity index (χ1) is 11.2. The van der Waals surface area contributed by atoms with E-state index < -0.39 is 0 Å². The third-order valence-corrected chi connectivity index (χ3v) is 6.28. The molecule has 2 amide bonds. The van der Waals surface area contributed by atoms with Crippen LogP contribution in [0.5, 0.6) is 5.75 Å². The van der Waals surface area contributed by atoms with E-state index in [1.165, 1.54) is 4.90 Å². The van der Waals surface area contributed by atoms with Crippen molar-refractivity contribution in [1.29, 1.82) is 0 Å². The number of benzene rings is 1. The second-order valence-corrected chi connectivity index (χ2v) is 8.81. The Hall–Kier alpha value is -1.84. The molecule has 1 saturated heterocycles. The number of fused-ring (bicyclic) bond motifs is 5. The molecular formula is C20H25NO3. The predicted octanol–water partition coefficient (Wildman–Crippen LogP) is 3.53. The number of hydrogen-bond donors (Lipinski definition) is 1. The van der Waals surface area contributed by atoms with E-state index in [-0.39, 0.29) is 34.8 Å². The molecule has 1 aliphatic heterocycles. The van der Waals surface area contributed by atoms with Gasteiger partial charge < -0.3 is 5.11 Å². The van der Waals surface area contributed by atoms with Gasteiger partial charge in [0, 0.05) is 5.56 Å². The number of phenolic OH excluding ortho intramolecular Hbond substituents is 1. The van der Waals surface area contributed by atoms with Gasteiger partial charge >= 0.3 is 0 Å². The smallest absolute Gasteiger partial charge is 0.237 e. The number of carbonyl (C=O) groups is 2. The highest BCUT2D eigenvalue weighted by Crippen LogP contribution is 2.56. The van der Waals surface area contributed by atoms with Gasteiger partial charge in [0.05, 0.1) is 17.5 Å². The lowest BCUT2D eigenvalue weighted by Gasteiger charge is -2.25. The van der Waals surface area contributed by atoms with Gasteiger partial charge in [-0.25, -0.2) is 0 Å². The van der Waals surface area contributed by atoms with Crippen molar-refractivity contribution < 1.29 is 14.7 Å². The number of aromatic hydroxyl groups is 1. The van der Waals surface area contributed by atoms with Crippen LogP contribution < -0.4 is 4.90 Å². The Morgan fingerprint density at radius 1 is 1.04 bits per heavy atom. The molecule has 2 saturated carbocycles. The first-order valence-corrected chi connectivity index (χ1v) is 8.92. The maximum absolute atomic E-state index is 13.0. The second kappa shape index (κ2) is 4.84. The van der Waals surface area contributed by atoms with Gasteiger partial charge in [-0.15, -0.1) is 0 Å². The van der Waals surface area contributed by atoms with Crippen molar-refractivity contribution in [2.75, 3.05) is 4.90 Å². The van der Waals surface area contributed by atoms with Crippen LogP contribution in [-0.2, 0) is 15.0 Å². The van der Waals surface area contributed by atoms with Gasteiger partial charge in [0.15, 0.2) is 0 Å². The Morgan fingerprint density at radius 2 is 1.58 bits per heavy atom. The van der Waals surface area contributed by atoms with E-state index in [9.17, 15) is 14.7 Å². The summed E-state index contributed by atoms with van der Waals surface area (Å²) < 4.78 is 0. The topological polar surface area (TPSA) is 57.6 Å². The van der Waals surface area contributed by atoms with Crippen LogP contribution >= 0.6 is 0 Å². The lowest BCUT2D eigenvalue weighted by atomic mass is 9.81. The lowest BCUT2D eigenvalue weighted by Crippen LogP contribution is -2.33. The van der Waals surface area contributed by atoms with E-state index >= 15 is 0 Å². The molecule has 3 fully saturated rings. The molecule has 24 heavy (non-hydrogen) atoms. The molecule has 4 rings (SSSR count). The number of rotatable bonds is 1. The van der Waals surface area contributed by atoms with Crippen molar-refractivity contribution >= 4 is 17.5 Å². The average Bonchev–Trinajstić information content (AvgIpc) is 3.15. The summed E-state index contributed by atoms with van der Waals surface area (Å²) in [4.78, 5) is 27.4. The number of imide groups is 1. The zero-order chi connectivity index (χ0) is 17.4. The van der Waals surface area contributed by atoms with Gasteiger partial charge in [0.25, 0.3) is 0 Å². The second-order valence-electron chi connectivity index (χ2n) is 8.81. The number of carbonyl (C=O) groups excluding carboxylic acids is 2. The van der Waals surface area contributed by atoms with E-state index in [0.29, 0.717) is 23.1 Å². The van der Waals surface area contributed by atoms with E-state index in [1.807, 2.05) is 33.8 Å². The summed E-state index contributed by atoms with van der Waals surface area (Å²) in [6, 6.07) is 3.59. The zero-order valence-corrected chi connectivity index (χ0v) is 14.8. The van der Waals surface area contributed by atoms with Crippen molar-refractivity contribution in [2.45, 2.75) is 52.4 Å². The maximum Gasteiger partial charge on any atom is 0.237 e. The molecule has 4 nitrogen and oxygen atoms in total. The number of hydrogen-bond acceptors (Lipinski definition) is 3. The Kier molecular flexibility index (Phi) is 3.16. The first-order valence-electron chi connectivity index (χ1n) is 8.92.